The Balaban J connectivity index is 1.74. The number of nitrogens with two attached hydrogens (primary N) is 1. The lowest BCUT2D eigenvalue weighted by Gasteiger charge is -2.34. The van der Waals surface area contributed by atoms with E-state index < -0.39 is 5.54 Å². The Hall–Kier alpha value is -1.39. The molecule has 1 fully saturated rings. The van der Waals surface area contributed by atoms with Gasteiger partial charge in [-0.3, -0.25) is 4.79 Å². The average molecular weight is 275 g/mol. The lowest BCUT2D eigenvalue weighted by molar-refractivity contribution is -0.128. The van der Waals surface area contributed by atoms with Crippen molar-refractivity contribution >= 4 is 5.78 Å². The van der Waals surface area contributed by atoms with Gasteiger partial charge >= 0.3 is 0 Å². The summed E-state index contributed by atoms with van der Waals surface area (Å²) in [6, 6.07) is 7.99. The number of Topliss-reactive ketones (excluding diaryl/α,β-unsaturated/α-hetero) is 1. The number of ketones is 1. The van der Waals surface area contributed by atoms with Crippen LogP contribution in [-0.2, 0) is 9.53 Å². The van der Waals surface area contributed by atoms with Crippen molar-refractivity contribution in [3.8, 4) is 5.75 Å². The van der Waals surface area contributed by atoms with Gasteiger partial charge in [0.15, 0.2) is 5.78 Å². The zero-order valence-corrected chi connectivity index (χ0v) is 11.6. The highest BCUT2D eigenvalue weighted by molar-refractivity contribution is 5.89. The van der Waals surface area contributed by atoms with Crippen LogP contribution in [0.5, 0.6) is 5.75 Å². The highest BCUT2D eigenvalue weighted by Crippen LogP contribution is 2.37. The van der Waals surface area contributed by atoms with Crippen molar-refractivity contribution in [1.29, 1.82) is 0 Å². The first-order valence-corrected chi connectivity index (χ1v) is 7.31. The van der Waals surface area contributed by atoms with E-state index in [1.54, 1.807) is 0 Å². The van der Waals surface area contributed by atoms with Crippen molar-refractivity contribution in [3.05, 3.63) is 29.8 Å². The second-order valence-corrected chi connectivity index (χ2v) is 5.77. The number of rotatable bonds is 3. The summed E-state index contributed by atoms with van der Waals surface area (Å²) in [7, 11) is 0. The van der Waals surface area contributed by atoms with Crippen LogP contribution in [0.15, 0.2) is 24.3 Å². The standard InChI is InChI=1S/C16H21NO3/c17-16(6-9-19-10-7-16)15(18)11-12-5-8-20-14-4-2-1-3-13(12)14/h1-4,12H,5-11,17H2. The van der Waals surface area contributed by atoms with Gasteiger partial charge in [-0.05, 0) is 36.8 Å². The summed E-state index contributed by atoms with van der Waals surface area (Å²) in [5, 5.41) is 0. The van der Waals surface area contributed by atoms with Gasteiger partial charge in [-0.15, -0.1) is 0 Å². The number of hydrogen-bond donors (Lipinski definition) is 1. The monoisotopic (exact) mass is 275 g/mol. The normalized spacial score (nSPS) is 24.6. The molecular formula is C16H21NO3. The topological polar surface area (TPSA) is 61.6 Å². The molecule has 2 aliphatic rings. The lowest BCUT2D eigenvalue weighted by Crippen LogP contribution is -2.52. The molecule has 20 heavy (non-hydrogen) atoms. The van der Waals surface area contributed by atoms with E-state index >= 15 is 0 Å². The Morgan fingerprint density at radius 3 is 2.80 bits per heavy atom. The highest BCUT2D eigenvalue weighted by atomic mass is 16.5. The first kappa shape index (κ1) is 13.6. The molecule has 0 amide bonds. The summed E-state index contributed by atoms with van der Waals surface area (Å²) in [5.74, 6) is 1.31. The molecular weight excluding hydrogens is 254 g/mol. The van der Waals surface area contributed by atoms with Crippen molar-refractivity contribution in [2.45, 2.75) is 37.1 Å². The van der Waals surface area contributed by atoms with Crippen LogP contribution in [0.4, 0.5) is 0 Å². The van der Waals surface area contributed by atoms with Crippen LogP contribution in [0.1, 0.15) is 37.2 Å². The van der Waals surface area contributed by atoms with Gasteiger partial charge in [0.05, 0.1) is 12.1 Å². The number of carbonyl (C=O) groups is 1. The van der Waals surface area contributed by atoms with Crippen LogP contribution < -0.4 is 10.5 Å². The quantitative estimate of drug-likeness (QED) is 0.916. The van der Waals surface area contributed by atoms with Gasteiger partial charge in [-0.1, -0.05) is 18.2 Å². The molecule has 0 aromatic heterocycles. The molecule has 0 aliphatic carbocycles. The first-order chi connectivity index (χ1) is 9.69. The summed E-state index contributed by atoms with van der Waals surface area (Å²) in [4.78, 5) is 12.6. The molecule has 4 heteroatoms. The van der Waals surface area contributed by atoms with Crippen molar-refractivity contribution in [2.24, 2.45) is 5.73 Å². The molecule has 0 bridgehead atoms. The van der Waals surface area contributed by atoms with Gasteiger partial charge in [0, 0.05) is 19.6 Å². The Morgan fingerprint density at radius 2 is 2.00 bits per heavy atom. The molecule has 1 saturated heterocycles. The van der Waals surface area contributed by atoms with Crippen LogP contribution in [0.3, 0.4) is 0 Å². The second kappa shape index (κ2) is 5.54. The Labute approximate surface area is 119 Å². The fraction of sp³-hybridized carbons (Fsp3) is 0.562. The minimum Gasteiger partial charge on any atom is -0.493 e. The number of hydrogen-bond acceptors (Lipinski definition) is 4. The van der Waals surface area contributed by atoms with E-state index in [0.29, 0.717) is 39.1 Å². The number of fused-ring (bicyclic) bond motifs is 1. The SMILES string of the molecule is NC1(C(=O)CC2CCOc3ccccc32)CCOCC1. The van der Waals surface area contributed by atoms with Gasteiger partial charge in [0.25, 0.3) is 0 Å². The van der Waals surface area contributed by atoms with Gasteiger partial charge in [0.2, 0.25) is 0 Å². The van der Waals surface area contributed by atoms with E-state index in [-0.39, 0.29) is 11.7 Å². The predicted molar refractivity (Wildman–Crippen MR) is 75.9 cm³/mol. The smallest absolute Gasteiger partial charge is 0.153 e. The molecule has 1 unspecified atom stereocenters. The third kappa shape index (κ3) is 2.58. The molecule has 1 atom stereocenters. The van der Waals surface area contributed by atoms with E-state index in [0.717, 1.165) is 17.7 Å². The fourth-order valence-corrected chi connectivity index (χ4v) is 3.07. The Bertz CT molecular complexity index is 494. The Morgan fingerprint density at radius 1 is 1.25 bits per heavy atom. The molecule has 2 aliphatic heterocycles. The molecule has 2 N–H and O–H groups in total. The summed E-state index contributed by atoms with van der Waals surface area (Å²) in [6.07, 6.45) is 2.67. The molecule has 1 aromatic rings. The number of benzene rings is 1. The lowest BCUT2D eigenvalue weighted by atomic mass is 9.79. The molecule has 0 radical (unpaired) electrons. The van der Waals surface area contributed by atoms with Crippen molar-refractivity contribution in [2.75, 3.05) is 19.8 Å². The van der Waals surface area contributed by atoms with Crippen LogP contribution in [0.2, 0.25) is 0 Å². The third-order valence-electron chi connectivity index (χ3n) is 4.45. The van der Waals surface area contributed by atoms with E-state index in [1.165, 1.54) is 0 Å². The fourth-order valence-electron chi connectivity index (χ4n) is 3.07. The van der Waals surface area contributed by atoms with E-state index in [1.807, 2.05) is 18.2 Å². The average Bonchev–Trinajstić information content (AvgIpc) is 2.48. The summed E-state index contributed by atoms with van der Waals surface area (Å²) < 4.78 is 11.0. The Kier molecular flexibility index (Phi) is 3.76. The predicted octanol–water partition coefficient (Wildman–Crippen LogP) is 2.02. The molecule has 4 nitrogen and oxygen atoms in total. The van der Waals surface area contributed by atoms with Gasteiger partial charge in [0.1, 0.15) is 5.75 Å². The molecule has 1 aromatic carbocycles. The maximum Gasteiger partial charge on any atom is 0.153 e. The van der Waals surface area contributed by atoms with Crippen LogP contribution in [0, 0.1) is 0 Å². The zero-order valence-electron chi connectivity index (χ0n) is 11.6. The van der Waals surface area contributed by atoms with E-state index in [4.69, 9.17) is 15.2 Å². The van der Waals surface area contributed by atoms with E-state index in [2.05, 4.69) is 6.07 Å². The molecule has 0 saturated carbocycles. The molecule has 0 spiro atoms. The summed E-state index contributed by atoms with van der Waals surface area (Å²) >= 11 is 0. The van der Waals surface area contributed by atoms with E-state index in [9.17, 15) is 4.79 Å². The summed E-state index contributed by atoms with van der Waals surface area (Å²) in [6.45, 7) is 1.86. The van der Waals surface area contributed by atoms with Crippen molar-refractivity contribution < 1.29 is 14.3 Å². The van der Waals surface area contributed by atoms with Crippen LogP contribution >= 0.6 is 0 Å². The van der Waals surface area contributed by atoms with Gasteiger partial charge < -0.3 is 15.2 Å². The molecule has 2 heterocycles. The minimum absolute atomic E-state index is 0.169. The number of para-hydroxylation sites is 1. The highest BCUT2D eigenvalue weighted by Gasteiger charge is 2.37. The van der Waals surface area contributed by atoms with Gasteiger partial charge in [-0.2, -0.15) is 0 Å². The molecule has 108 valence electrons. The number of carbonyl (C=O) groups excluding carboxylic acids is 1. The van der Waals surface area contributed by atoms with Crippen LogP contribution in [0.25, 0.3) is 0 Å². The maximum absolute atomic E-state index is 12.6. The minimum atomic E-state index is -0.689. The first-order valence-electron chi connectivity index (χ1n) is 7.31. The zero-order chi connectivity index (χ0) is 14.0. The summed E-state index contributed by atoms with van der Waals surface area (Å²) in [5.41, 5.74) is 6.73. The number of ether oxygens (including phenoxy) is 2. The maximum atomic E-state index is 12.6. The van der Waals surface area contributed by atoms with Crippen LogP contribution in [-0.4, -0.2) is 31.1 Å². The second-order valence-electron chi connectivity index (χ2n) is 5.77. The van der Waals surface area contributed by atoms with Crippen molar-refractivity contribution in [1.82, 2.24) is 0 Å². The van der Waals surface area contributed by atoms with Gasteiger partial charge in [-0.25, -0.2) is 0 Å². The van der Waals surface area contributed by atoms with Crippen molar-refractivity contribution in [3.63, 3.8) is 0 Å². The largest absolute Gasteiger partial charge is 0.493 e. The molecule has 3 rings (SSSR count). The third-order valence-corrected chi connectivity index (χ3v) is 4.45.